The zero-order valence-corrected chi connectivity index (χ0v) is 15.0. The Bertz CT molecular complexity index is 901. The fourth-order valence-electron chi connectivity index (χ4n) is 2.43. The molecule has 132 valence electrons. The second-order valence-corrected chi connectivity index (χ2v) is 6.00. The summed E-state index contributed by atoms with van der Waals surface area (Å²) >= 11 is 6.00. The summed E-state index contributed by atoms with van der Waals surface area (Å²) in [6.07, 6.45) is 1.59. The lowest BCUT2D eigenvalue weighted by Gasteiger charge is -2.11. The molecule has 1 amide bonds. The highest BCUT2D eigenvalue weighted by Crippen LogP contribution is 2.28. The van der Waals surface area contributed by atoms with Gasteiger partial charge in [-0.1, -0.05) is 41.9 Å². The van der Waals surface area contributed by atoms with Gasteiger partial charge in [-0.3, -0.25) is 9.78 Å². The number of rotatable bonds is 6. The van der Waals surface area contributed by atoms with E-state index in [0.29, 0.717) is 28.7 Å². The van der Waals surface area contributed by atoms with E-state index >= 15 is 0 Å². The molecule has 0 aliphatic heterocycles. The van der Waals surface area contributed by atoms with Crippen molar-refractivity contribution in [2.75, 3.05) is 17.7 Å². The van der Waals surface area contributed by atoms with Crippen molar-refractivity contribution in [3.05, 3.63) is 83.1 Å². The molecule has 0 saturated carbocycles. The number of methoxy groups -OCH3 is 1. The molecule has 2 N–H and O–H groups in total. The van der Waals surface area contributed by atoms with E-state index in [1.807, 2.05) is 36.4 Å². The van der Waals surface area contributed by atoms with E-state index in [4.69, 9.17) is 16.3 Å². The third-order valence-corrected chi connectivity index (χ3v) is 3.98. The van der Waals surface area contributed by atoms with Crippen molar-refractivity contribution in [2.24, 2.45) is 0 Å². The molecule has 0 bridgehead atoms. The summed E-state index contributed by atoms with van der Waals surface area (Å²) in [5.74, 6) is 0.190. The lowest BCUT2D eigenvalue weighted by molar-refractivity contribution is 0.102. The van der Waals surface area contributed by atoms with Gasteiger partial charge in [-0.05, 0) is 35.9 Å². The fourth-order valence-corrected chi connectivity index (χ4v) is 2.60. The largest absolute Gasteiger partial charge is 0.495 e. The van der Waals surface area contributed by atoms with Crippen LogP contribution in [-0.2, 0) is 6.54 Å². The van der Waals surface area contributed by atoms with E-state index in [1.54, 1.807) is 30.5 Å². The van der Waals surface area contributed by atoms with Gasteiger partial charge in [0.25, 0.3) is 5.91 Å². The number of hydrogen-bond donors (Lipinski definition) is 2. The van der Waals surface area contributed by atoms with Crippen LogP contribution in [0.15, 0.2) is 66.9 Å². The number of pyridine rings is 1. The molecule has 0 spiro atoms. The van der Waals surface area contributed by atoms with Gasteiger partial charge in [-0.25, -0.2) is 0 Å². The molecule has 2 aromatic carbocycles. The van der Waals surface area contributed by atoms with Crippen LogP contribution in [0.2, 0.25) is 5.02 Å². The van der Waals surface area contributed by atoms with E-state index in [1.165, 1.54) is 7.11 Å². The van der Waals surface area contributed by atoms with Crippen LogP contribution in [0.25, 0.3) is 0 Å². The first-order valence-electron chi connectivity index (χ1n) is 8.04. The molecule has 0 radical (unpaired) electrons. The van der Waals surface area contributed by atoms with Crippen LogP contribution in [0.3, 0.4) is 0 Å². The molecular weight excluding hydrogens is 350 g/mol. The zero-order valence-electron chi connectivity index (χ0n) is 14.2. The molecule has 0 aliphatic carbocycles. The van der Waals surface area contributed by atoms with Gasteiger partial charge in [-0.15, -0.1) is 0 Å². The lowest BCUT2D eigenvalue weighted by Crippen LogP contribution is -2.14. The summed E-state index contributed by atoms with van der Waals surface area (Å²) in [5.41, 5.74) is 2.76. The van der Waals surface area contributed by atoms with Crippen LogP contribution in [0.5, 0.6) is 5.75 Å². The molecule has 5 nitrogen and oxygen atoms in total. The SMILES string of the molecule is COc1ccc(Cl)cc1NC(=O)c1cc(NCc2ccccc2)ccn1. The first-order chi connectivity index (χ1) is 12.7. The molecule has 0 unspecified atom stereocenters. The highest BCUT2D eigenvalue weighted by Gasteiger charge is 2.12. The zero-order chi connectivity index (χ0) is 18.4. The van der Waals surface area contributed by atoms with Crippen molar-refractivity contribution in [3.8, 4) is 5.75 Å². The number of hydrogen-bond acceptors (Lipinski definition) is 4. The topological polar surface area (TPSA) is 63.2 Å². The van der Waals surface area contributed by atoms with Crippen molar-refractivity contribution in [2.45, 2.75) is 6.54 Å². The maximum absolute atomic E-state index is 12.5. The maximum atomic E-state index is 12.5. The van der Waals surface area contributed by atoms with E-state index in [2.05, 4.69) is 15.6 Å². The Morgan fingerprint density at radius 1 is 1.12 bits per heavy atom. The first kappa shape index (κ1) is 17.8. The van der Waals surface area contributed by atoms with Gasteiger partial charge >= 0.3 is 0 Å². The number of benzene rings is 2. The fraction of sp³-hybridized carbons (Fsp3) is 0.100. The van der Waals surface area contributed by atoms with Crippen LogP contribution >= 0.6 is 11.6 Å². The Kier molecular flexibility index (Phi) is 5.71. The maximum Gasteiger partial charge on any atom is 0.274 e. The Labute approximate surface area is 157 Å². The number of ether oxygens (including phenoxy) is 1. The standard InChI is InChI=1S/C20H18ClN3O2/c1-26-19-8-7-15(21)11-17(19)24-20(25)18-12-16(9-10-22-18)23-13-14-5-3-2-4-6-14/h2-12H,13H2,1H3,(H,22,23)(H,24,25). The van der Waals surface area contributed by atoms with Crippen LogP contribution in [-0.4, -0.2) is 18.0 Å². The minimum atomic E-state index is -0.339. The Hall–Kier alpha value is -3.05. The first-order valence-corrected chi connectivity index (χ1v) is 8.42. The number of carbonyl (C=O) groups is 1. The third-order valence-electron chi connectivity index (χ3n) is 3.74. The molecular formula is C20H18ClN3O2. The normalized spacial score (nSPS) is 10.2. The van der Waals surface area contributed by atoms with E-state index in [9.17, 15) is 4.79 Å². The minimum absolute atomic E-state index is 0.296. The van der Waals surface area contributed by atoms with Gasteiger partial charge in [0.2, 0.25) is 0 Å². The van der Waals surface area contributed by atoms with Crippen LogP contribution < -0.4 is 15.4 Å². The van der Waals surface area contributed by atoms with Gasteiger partial charge in [0, 0.05) is 23.5 Å². The predicted molar refractivity (Wildman–Crippen MR) is 104 cm³/mol. The van der Waals surface area contributed by atoms with E-state index in [0.717, 1.165) is 11.3 Å². The lowest BCUT2D eigenvalue weighted by atomic mass is 10.2. The number of aromatic nitrogens is 1. The number of carbonyl (C=O) groups excluding carboxylic acids is 1. The van der Waals surface area contributed by atoms with E-state index in [-0.39, 0.29) is 5.91 Å². The second kappa shape index (κ2) is 8.36. The van der Waals surface area contributed by atoms with Gasteiger partial charge in [0.05, 0.1) is 12.8 Å². The summed E-state index contributed by atoms with van der Waals surface area (Å²) in [6, 6.07) is 18.6. The van der Waals surface area contributed by atoms with Crippen LogP contribution in [0.4, 0.5) is 11.4 Å². The number of amides is 1. The molecule has 6 heteroatoms. The minimum Gasteiger partial charge on any atom is -0.495 e. The average Bonchev–Trinajstić information content (AvgIpc) is 2.67. The highest BCUT2D eigenvalue weighted by molar-refractivity contribution is 6.31. The third kappa shape index (κ3) is 4.52. The number of nitrogens with one attached hydrogen (secondary N) is 2. The van der Waals surface area contributed by atoms with Gasteiger partial charge in [0.15, 0.2) is 0 Å². The summed E-state index contributed by atoms with van der Waals surface area (Å²) in [4.78, 5) is 16.7. The summed E-state index contributed by atoms with van der Waals surface area (Å²) in [6.45, 7) is 0.661. The molecule has 0 saturated heterocycles. The average molecular weight is 368 g/mol. The van der Waals surface area contributed by atoms with Crippen molar-refractivity contribution in [3.63, 3.8) is 0 Å². The second-order valence-electron chi connectivity index (χ2n) is 5.57. The van der Waals surface area contributed by atoms with Crippen LogP contribution in [0.1, 0.15) is 16.1 Å². The molecule has 0 fully saturated rings. The van der Waals surface area contributed by atoms with Gasteiger partial charge in [0.1, 0.15) is 11.4 Å². The highest BCUT2D eigenvalue weighted by atomic mass is 35.5. The number of halogens is 1. The Morgan fingerprint density at radius 3 is 2.69 bits per heavy atom. The summed E-state index contributed by atoms with van der Waals surface area (Å²) in [5, 5.41) is 6.57. The predicted octanol–water partition coefficient (Wildman–Crippen LogP) is 4.61. The summed E-state index contributed by atoms with van der Waals surface area (Å²) < 4.78 is 5.24. The molecule has 26 heavy (non-hydrogen) atoms. The smallest absolute Gasteiger partial charge is 0.274 e. The Morgan fingerprint density at radius 2 is 1.92 bits per heavy atom. The van der Waals surface area contributed by atoms with Gasteiger partial charge < -0.3 is 15.4 Å². The molecule has 1 heterocycles. The molecule has 3 aromatic rings. The van der Waals surface area contributed by atoms with Crippen molar-refractivity contribution >= 4 is 28.9 Å². The summed E-state index contributed by atoms with van der Waals surface area (Å²) in [7, 11) is 1.53. The quantitative estimate of drug-likeness (QED) is 0.668. The van der Waals surface area contributed by atoms with Crippen molar-refractivity contribution < 1.29 is 9.53 Å². The number of nitrogens with zero attached hydrogens (tertiary/aromatic N) is 1. The molecule has 3 rings (SSSR count). The van der Waals surface area contributed by atoms with Crippen molar-refractivity contribution in [1.29, 1.82) is 0 Å². The van der Waals surface area contributed by atoms with E-state index < -0.39 is 0 Å². The molecule has 0 atom stereocenters. The molecule has 0 aliphatic rings. The number of anilines is 2. The van der Waals surface area contributed by atoms with Gasteiger partial charge in [-0.2, -0.15) is 0 Å². The van der Waals surface area contributed by atoms with Crippen molar-refractivity contribution in [1.82, 2.24) is 4.98 Å². The molecule has 1 aromatic heterocycles. The monoisotopic (exact) mass is 367 g/mol. The van der Waals surface area contributed by atoms with Crippen LogP contribution in [0, 0.1) is 0 Å². The Balaban J connectivity index is 1.71.